The van der Waals surface area contributed by atoms with Crippen molar-refractivity contribution in [3.05, 3.63) is 71.7 Å². The maximum atomic E-state index is 5.89. The summed E-state index contributed by atoms with van der Waals surface area (Å²) in [5.74, 6) is 1.60. The molecular weight excluding hydrogens is 330 g/mol. The lowest BCUT2D eigenvalue weighted by atomic mass is 10.2. The summed E-state index contributed by atoms with van der Waals surface area (Å²) < 4.78 is 5.81. The van der Waals surface area contributed by atoms with E-state index >= 15 is 0 Å². The van der Waals surface area contributed by atoms with Crippen LogP contribution >= 0.6 is 23.8 Å². The molecule has 0 unspecified atom stereocenters. The first kappa shape index (κ1) is 15.5. The van der Waals surface area contributed by atoms with Gasteiger partial charge in [-0.15, -0.1) is 0 Å². The maximum Gasteiger partial charge on any atom is 0.171 e. The Kier molecular flexibility index (Phi) is 4.90. The molecule has 0 spiro atoms. The number of pyridine rings is 1. The predicted octanol–water partition coefficient (Wildman–Crippen LogP) is 4.48. The summed E-state index contributed by atoms with van der Waals surface area (Å²) in [6, 6.07) is 15.1. The van der Waals surface area contributed by atoms with Crippen molar-refractivity contribution in [3.8, 4) is 11.3 Å². The van der Waals surface area contributed by atoms with Crippen LogP contribution in [0.15, 0.2) is 65.3 Å². The van der Waals surface area contributed by atoms with E-state index in [1.807, 2.05) is 48.5 Å². The fourth-order valence-corrected chi connectivity index (χ4v) is 2.34. The highest BCUT2D eigenvalue weighted by atomic mass is 35.5. The fourth-order valence-electron chi connectivity index (χ4n) is 2.02. The normalized spacial score (nSPS) is 10.3. The van der Waals surface area contributed by atoms with Gasteiger partial charge in [-0.25, -0.2) is 0 Å². The van der Waals surface area contributed by atoms with E-state index in [0.717, 1.165) is 22.8 Å². The first-order valence-electron chi connectivity index (χ1n) is 7.00. The highest BCUT2D eigenvalue weighted by Crippen LogP contribution is 2.23. The molecule has 0 fully saturated rings. The largest absolute Gasteiger partial charge is 0.459 e. The summed E-state index contributed by atoms with van der Waals surface area (Å²) in [7, 11) is 0. The van der Waals surface area contributed by atoms with Gasteiger partial charge in [0, 0.05) is 28.7 Å². The molecule has 3 rings (SSSR count). The second-order valence-electron chi connectivity index (χ2n) is 4.82. The summed E-state index contributed by atoms with van der Waals surface area (Å²) >= 11 is 11.1. The van der Waals surface area contributed by atoms with Crippen molar-refractivity contribution >= 4 is 34.6 Å². The highest BCUT2D eigenvalue weighted by Gasteiger charge is 2.05. The molecule has 1 aromatic carbocycles. The van der Waals surface area contributed by atoms with Gasteiger partial charge in [0.05, 0.1) is 6.54 Å². The molecule has 0 saturated carbocycles. The number of halogens is 1. The van der Waals surface area contributed by atoms with E-state index in [2.05, 4.69) is 15.6 Å². The average molecular weight is 344 g/mol. The second kappa shape index (κ2) is 7.26. The molecule has 0 bridgehead atoms. The van der Waals surface area contributed by atoms with Crippen molar-refractivity contribution in [2.24, 2.45) is 0 Å². The second-order valence-corrected chi connectivity index (χ2v) is 5.66. The molecule has 3 aromatic rings. The lowest BCUT2D eigenvalue weighted by Gasteiger charge is -2.08. The van der Waals surface area contributed by atoms with E-state index in [9.17, 15) is 0 Å². The third-order valence-electron chi connectivity index (χ3n) is 3.15. The van der Waals surface area contributed by atoms with E-state index in [4.69, 9.17) is 28.2 Å². The van der Waals surface area contributed by atoms with E-state index < -0.39 is 0 Å². The van der Waals surface area contributed by atoms with Crippen molar-refractivity contribution < 1.29 is 4.42 Å². The van der Waals surface area contributed by atoms with E-state index in [0.29, 0.717) is 16.7 Å². The van der Waals surface area contributed by atoms with Crippen LogP contribution in [-0.2, 0) is 6.54 Å². The molecule has 2 heterocycles. The van der Waals surface area contributed by atoms with Gasteiger partial charge in [0.1, 0.15) is 11.5 Å². The summed E-state index contributed by atoms with van der Waals surface area (Å²) in [6.45, 7) is 0.504. The Bertz CT molecular complexity index is 787. The van der Waals surface area contributed by atoms with Crippen LogP contribution in [0.3, 0.4) is 0 Å². The van der Waals surface area contributed by atoms with Crippen LogP contribution in [0.2, 0.25) is 5.02 Å². The molecule has 4 nitrogen and oxygen atoms in total. The Balaban J connectivity index is 1.57. The van der Waals surface area contributed by atoms with Crippen LogP contribution in [0.1, 0.15) is 5.76 Å². The number of furan rings is 1. The molecule has 0 atom stereocenters. The van der Waals surface area contributed by atoms with Crippen LogP contribution in [0.4, 0.5) is 5.69 Å². The van der Waals surface area contributed by atoms with Crippen LogP contribution in [0.25, 0.3) is 11.3 Å². The van der Waals surface area contributed by atoms with Crippen molar-refractivity contribution in [3.63, 3.8) is 0 Å². The Hall–Kier alpha value is -2.37. The van der Waals surface area contributed by atoms with Crippen molar-refractivity contribution in [2.45, 2.75) is 6.54 Å². The molecule has 2 N–H and O–H groups in total. The van der Waals surface area contributed by atoms with Gasteiger partial charge < -0.3 is 15.1 Å². The van der Waals surface area contributed by atoms with E-state index in [1.54, 1.807) is 12.4 Å². The standard InChI is InChI=1S/C17H14ClN3OS/c18-13-3-1-12(2-4-13)16-6-5-15(22-16)11-20-17(23)21-14-7-9-19-10-8-14/h1-10H,11H2,(H2,19,20,21,23). The van der Waals surface area contributed by atoms with Gasteiger partial charge in [-0.05, 0) is 60.7 Å². The Morgan fingerprint density at radius 1 is 1.04 bits per heavy atom. The van der Waals surface area contributed by atoms with Crippen LogP contribution < -0.4 is 10.6 Å². The van der Waals surface area contributed by atoms with Crippen LogP contribution in [0, 0.1) is 0 Å². The Labute approximate surface area is 144 Å². The number of nitrogens with zero attached hydrogens (tertiary/aromatic N) is 1. The molecule has 116 valence electrons. The zero-order valence-corrected chi connectivity index (χ0v) is 13.7. The summed E-state index contributed by atoms with van der Waals surface area (Å²) in [5, 5.41) is 7.42. The summed E-state index contributed by atoms with van der Waals surface area (Å²) in [5.41, 5.74) is 1.87. The number of anilines is 1. The minimum absolute atomic E-state index is 0.504. The first-order valence-corrected chi connectivity index (χ1v) is 7.79. The van der Waals surface area contributed by atoms with Gasteiger partial charge in [0.25, 0.3) is 0 Å². The molecule has 0 amide bonds. The monoisotopic (exact) mass is 343 g/mol. The highest BCUT2D eigenvalue weighted by molar-refractivity contribution is 7.80. The van der Waals surface area contributed by atoms with E-state index in [-0.39, 0.29) is 0 Å². The summed E-state index contributed by atoms with van der Waals surface area (Å²) in [6.07, 6.45) is 3.41. The van der Waals surface area contributed by atoms with Gasteiger partial charge in [-0.1, -0.05) is 11.6 Å². The molecule has 0 aliphatic rings. The molecule has 6 heteroatoms. The van der Waals surface area contributed by atoms with Crippen LogP contribution in [0.5, 0.6) is 0 Å². The first-order chi connectivity index (χ1) is 11.2. The number of thiocarbonyl (C=S) groups is 1. The number of aromatic nitrogens is 1. The smallest absolute Gasteiger partial charge is 0.171 e. The van der Waals surface area contributed by atoms with Gasteiger partial charge in [0.2, 0.25) is 0 Å². The SMILES string of the molecule is S=C(NCc1ccc(-c2ccc(Cl)cc2)o1)Nc1ccncc1. The molecular formula is C17H14ClN3OS. The molecule has 0 aliphatic heterocycles. The van der Waals surface area contributed by atoms with Gasteiger partial charge in [-0.3, -0.25) is 4.98 Å². The van der Waals surface area contributed by atoms with Gasteiger partial charge in [0.15, 0.2) is 5.11 Å². The Morgan fingerprint density at radius 2 is 1.78 bits per heavy atom. The number of hydrogen-bond acceptors (Lipinski definition) is 3. The third-order valence-corrected chi connectivity index (χ3v) is 3.65. The van der Waals surface area contributed by atoms with Crippen molar-refractivity contribution in [2.75, 3.05) is 5.32 Å². The van der Waals surface area contributed by atoms with E-state index in [1.165, 1.54) is 0 Å². The minimum atomic E-state index is 0.504. The summed E-state index contributed by atoms with van der Waals surface area (Å²) in [4.78, 5) is 3.96. The molecule has 0 radical (unpaired) electrons. The molecule has 2 aromatic heterocycles. The minimum Gasteiger partial charge on any atom is -0.459 e. The molecule has 0 aliphatic carbocycles. The number of nitrogens with one attached hydrogen (secondary N) is 2. The zero-order chi connectivity index (χ0) is 16.1. The molecule has 23 heavy (non-hydrogen) atoms. The topological polar surface area (TPSA) is 50.1 Å². The quantitative estimate of drug-likeness (QED) is 0.684. The maximum absolute atomic E-state index is 5.89. The number of rotatable bonds is 4. The third kappa shape index (κ3) is 4.31. The number of hydrogen-bond donors (Lipinski definition) is 2. The Morgan fingerprint density at radius 3 is 2.52 bits per heavy atom. The van der Waals surface area contributed by atoms with Crippen molar-refractivity contribution in [1.82, 2.24) is 10.3 Å². The molecule has 0 saturated heterocycles. The lowest BCUT2D eigenvalue weighted by Crippen LogP contribution is -2.27. The van der Waals surface area contributed by atoms with Crippen LogP contribution in [-0.4, -0.2) is 10.1 Å². The predicted molar refractivity (Wildman–Crippen MR) is 96.5 cm³/mol. The van der Waals surface area contributed by atoms with Gasteiger partial charge >= 0.3 is 0 Å². The lowest BCUT2D eigenvalue weighted by molar-refractivity contribution is 0.516. The number of benzene rings is 1. The van der Waals surface area contributed by atoms with Crippen molar-refractivity contribution in [1.29, 1.82) is 0 Å². The van der Waals surface area contributed by atoms with Gasteiger partial charge in [-0.2, -0.15) is 0 Å². The zero-order valence-electron chi connectivity index (χ0n) is 12.1. The average Bonchev–Trinajstić information content (AvgIpc) is 3.04. The fraction of sp³-hybridized carbons (Fsp3) is 0.0588.